The highest BCUT2D eigenvalue weighted by Crippen LogP contribution is 2.15. The lowest BCUT2D eigenvalue weighted by molar-refractivity contribution is -0.122. The highest BCUT2D eigenvalue weighted by Gasteiger charge is 2.26. The number of carbonyl (C=O) groups excluding carboxylic acids is 2. The van der Waals surface area contributed by atoms with Gasteiger partial charge in [-0.1, -0.05) is 0 Å². The Morgan fingerprint density at radius 1 is 1.17 bits per heavy atom. The zero-order valence-electron chi connectivity index (χ0n) is 13.7. The molecule has 0 saturated carbocycles. The van der Waals surface area contributed by atoms with Crippen LogP contribution in [0.4, 0.5) is 10.7 Å². The van der Waals surface area contributed by atoms with Crippen molar-refractivity contribution >= 4 is 17.9 Å². The van der Waals surface area contributed by atoms with Gasteiger partial charge in [0, 0.05) is 38.1 Å². The number of rotatable bonds is 3. The molecule has 2 unspecified atom stereocenters. The van der Waals surface area contributed by atoms with Crippen LogP contribution in [0.1, 0.15) is 32.1 Å². The van der Waals surface area contributed by atoms with E-state index in [2.05, 4.69) is 30.8 Å². The Morgan fingerprint density at radius 3 is 2.83 bits per heavy atom. The fraction of sp³-hybridized carbons (Fsp3) is 0.625. The second-order valence-corrected chi connectivity index (χ2v) is 6.29. The molecular formula is C16H24N6O2. The number of urea groups is 1. The van der Waals surface area contributed by atoms with Gasteiger partial charge in [0.2, 0.25) is 11.9 Å². The lowest BCUT2D eigenvalue weighted by Crippen LogP contribution is -2.54. The van der Waals surface area contributed by atoms with E-state index >= 15 is 0 Å². The van der Waals surface area contributed by atoms with E-state index in [1.165, 1.54) is 0 Å². The first-order valence-electron chi connectivity index (χ1n) is 8.59. The van der Waals surface area contributed by atoms with Gasteiger partial charge in [0.1, 0.15) is 6.04 Å². The lowest BCUT2D eigenvalue weighted by Gasteiger charge is -2.33. The van der Waals surface area contributed by atoms with E-state index in [1.54, 1.807) is 18.5 Å². The second-order valence-electron chi connectivity index (χ2n) is 6.29. The zero-order chi connectivity index (χ0) is 16.8. The minimum absolute atomic E-state index is 0.0244. The Bertz CT molecular complexity index is 567. The Morgan fingerprint density at radius 2 is 2.00 bits per heavy atom. The number of nitrogens with zero attached hydrogens (tertiary/aromatic N) is 3. The van der Waals surface area contributed by atoms with Crippen molar-refractivity contribution in [2.75, 3.05) is 24.5 Å². The van der Waals surface area contributed by atoms with Crippen LogP contribution in [0.25, 0.3) is 0 Å². The fourth-order valence-electron chi connectivity index (χ4n) is 3.19. The van der Waals surface area contributed by atoms with E-state index in [4.69, 9.17) is 0 Å². The first kappa shape index (κ1) is 16.5. The van der Waals surface area contributed by atoms with Gasteiger partial charge in [-0.2, -0.15) is 0 Å². The molecular weight excluding hydrogens is 308 g/mol. The van der Waals surface area contributed by atoms with Gasteiger partial charge in [0.15, 0.2) is 0 Å². The van der Waals surface area contributed by atoms with Crippen LogP contribution in [0, 0.1) is 0 Å². The Labute approximate surface area is 141 Å². The molecule has 3 N–H and O–H groups in total. The van der Waals surface area contributed by atoms with E-state index in [0.717, 1.165) is 32.2 Å². The molecule has 8 nitrogen and oxygen atoms in total. The van der Waals surface area contributed by atoms with Crippen molar-refractivity contribution in [3.8, 4) is 0 Å². The standard InChI is InChI=1S/C16H24N6O2/c23-14-13(6-1-2-7-17-14)21-16(24)20-12-5-3-10-22(11-12)15-18-8-4-9-19-15/h4,8-9,12-13H,1-3,5-7,10-11H2,(H,17,23)(H2,20,21,24). The lowest BCUT2D eigenvalue weighted by atomic mass is 10.1. The third-order valence-corrected chi connectivity index (χ3v) is 4.43. The van der Waals surface area contributed by atoms with E-state index in [0.29, 0.717) is 25.5 Å². The molecule has 3 heterocycles. The summed E-state index contributed by atoms with van der Waals surface area (Å²) in [4.78, 5) is 34.7. The molecule has 2 fully saturated rings. The van der Waals surface area contributed by atoms with Gasteiger partial charge in [-0.15, -0.1) is 0 Å². The van der Waals surface area contributed by atoms with Crippen LogP contribution < -0.4 is 20.9 Å². The number of nitrogens with one attached hydrogen (secondary N) is 3. The van der Waals surface area contributed by atoms with Crippen LogP contribution in [0.5, 0.6) is 0 Å². The van der Waals surface area contributed by atoms with Crippen molar-refractivity contribution in [2.24, 2.45) is 0 Å². The number of carbonyl (C=O) groups is 2. The summed E-state index contributed by atoms with van der Waals surface area (Å²) in [7, 11) is 0. The highest BCUT2D eigenvalue weighted by molar-refractivity contribution is 5.87. The fourth-order valence-corrected chi connectivity index (χ4v) is 3.19. The number of piperidine rings is 1. The number of aromatic nitrogens is 2. The Hall–Kier alpha value is -2.38. The predicted molar refractivity (Wildman–Crippen MR) is 89.6 cm³/mol. The molecule has 3 amide bonds. The third-order valence-electron chi connectivity index (χ3n) is 4.43. The van der Waals surface area contributed by atoms with Gasteiger partial charge in [-0.05, 0) is 38.2 Å². The largest absolute Gasteiger partial charge is 0.354 e. The van der Waals surface area contributed by atoms with Crippen LogP contribution in [0.15, 0.2) is 18.5 Å². The van der Waals surface area contributed by atoms with Crippen molar-refractivity contribution in [2.45, 2.75) is 44.2 Å². The molecule has 1 aromatic rings. The molecule has 0 aromatic carbocycles. The normalized spacial score (nSPS) is 24.7. The molecule has 24 heavy (non-hydrogen) atoms. The zero-order valence-corrected chi connectivity index (χ0v) is 13.7. The van der Waals surface area contributed by atoms with Gasteiger partial charge < -0.3 is 20.9 Å². The molecule has 8 heteroatoms. The number of anilines is 1. The molecule has 0 spiro atoms. The summed E-state index contributed by atoms with van der Waals surface area (Å²) < 4.78 is 0. The summed E-state index contributed by atoms with van der Waals surface area (Å²) >= 11 is 0. The van der Waals surface area contributed by atoms with Crippen LogP contribution in [-0.4, -0.2) is 53.6 Å². The summed E-state index contributed by atoms with van der Waals surface area (Å²) in [6, 6.07) is 1.09. The topological polar surface area (TPSA) is 99.2 Å². The average molecular weight is 332 g/mol. The minimum atomic E-state index is -0.440. The number of hydrogen-bond donors (Lipinski definition) is 3. The first-order valence-corrected chi connectivity index (χ1v) is 8.59. The SMILES string of the molecule is O=C(NC1CCCN(c2ncccn2)C1)NC1CCCCNC1=O. The van der Waals surface area contributed by atoms with E-state index < -0.39 is 6.04 Å². The molecule has 0 aliphatic carbocycles. The van der Waals surface area contributed by atoms with Gasteiger partial charge in [-0.3, -0.25) is 4.79 Å². The molecule has 0 radical (unpaired) electrons. The monoisotopic (exact) mass is 332 g/mol. The second kappa shape index (κ2) is 7.94. The maximum atomic E-state index is 12.2. The summed E-state index contributed by atoms with van der Waals surface area (Å²) in [5.74, 6) is 0.596. The predicted octanol–water partition coefficient (Wildman–Crippen LogP) is 0.413. The van der Waals surface area contributed by atoms with Crippen LogP contribution >= 0.6 is 0 Å². The van der Waals surface area contributed by atoms with E-state index in [9.17, 15) is 9.59 Å². The van der Waals surface area contributed by atoms with Crippen molar-refractivity contribution in [1.29, 1.82) is 0 Å². The van der Waals surface area contributed by atoms with Crippen molar-refractivity contribution < 1.29 is 9.59 Å². The van der Waals surface area contributed by atoms with Crippen LogP contribution in [-0.2, 0) is 4.79 Å². The molecule has 0 bridgehead atoms. The highest BCUT2D eigenvalue weighted by atomic mass is 16.2. The summed E-state index contributed by atoms with van der Waals surface area (Å²) in [6.45, 7) is 2.25. The maximum Gasteiger partial charge on any atom is 0.315 e. The van der Waals surface area contributed by atoms with Gasteiger partial charge in [0.25, 0.3) is 0 Å². The molecule has 2 aliphatic heterocycles. The molecule has 2 atom stereocenters. The molecule has 2 saturated heterocycles. The third kappa shape index (κ3) is 4.33. The van der Waals surface area contributed by atoms with Crippen molar-refractivity contribution in [3.05, 3.63) is 18.5 Å². The number of amides is 3. The molecule has 2 aliphatic rings. The van der Waals surface area contributed by atoms with E-state index in [1.807, 2.05) is 0 Å². The summed E-state index contributed by atoms with van der Waals surface area (Å²) in [6.07, 6.45) is 7.90. The first-order chi connectivity index (χ1) is 11.7. The molecule has 1 aromatic heterocycles. The van der Waals surface area contributed by atoms with Gasteiger partial charge in [0.05, 0.1) is 0 Å². The molecule has 3 rings (SSSR count). The quantitative estimate of drug-likeness (QED) is 0.745. The maximum absolute atomic E-state index is 12.2. The minimum Gasteiger partial charge on any atom is -0.354 e. The van der Waals surface area contributed by atoms with Crippen LogP contribution in [0.2, 0.25) is 0 Å². The smallest absolute Gasteiger partial charge is 0.315 e. The molecule has 130 valence electrons. The number of hydrogen-bond acceptors (Lipinski definition) is 5. The Balaban J connectivity index is 1.51. The summed E-state index contributed by atoms with van der Waals surface area (Å²) in [5, 5.41) is 8.60. The van der Waals surface area contributed by atoms with Crippen molar-refractivity contribution in [1.82, 2.24) is 25.9 Å². The average Bonchev–Trinajstić information content (AvgIpc) is 2.80. The summed E-state index contributed by atoms with van der Waals surface area (Å²) in [5.41, 5.74) is 0. The van der Waals surface area contributed by atoms with E-state index in [-0.39, 0.29) is 18.0 Å². The van der Waals surface area contributed by atoms with Crippen LogP contribution in [0.3, 0.4) is 0 Å². The van der Waals surface area contributed by atoms with Gasteiger partial charge in [-0.25, -0.2) is 14.8 Å². The van der Waals surface area contributed by atoms with Crippen molar-refractivity contribution in [3.63, 3.8) is 0 Å². The Kier molecular flexibility index (Phi) is 5.45. The van der Waals surface area contributed by atoms with Gasteiger partial charge >= 0.3 is 6.03 Å².